The van der Waals surface area contributed by atoms with Crippen molar-refractivity contribution in [1.29, 1.82) is 0 Å². The molecule has 0 radical (unpaired) electrons. The SMILES string of the molecule is CC(=O)N[C@@H]1[C@@H](O)[C@H](O[C@@H]2O[C@H](CO)[C@@H](O[C@@H]3O[C@H](CO[C@H]4O[C@H](CO)[C@@H](O)[C@H](O)[C@@H]4O[C@H]4O[C@H](CO)[C@@H](O)[C@H](O)[C@@H]4O)[C@@H](O)[C@H](O[C@H]4O[C@H](CO)[C@@H](O)[C@H](O)[C@@H]4O[C@H]4O[C@H](CO)[C@@H](O)[C@H](O)[C@@H]4O[C@H]4O[C@H](CO)[C@@H](O)[C@H](O)[C@@H]4O[C@H]4O[C@H](CO)[C@@H](O)[C@H](O)[C@@H]4O[C@H]4O[C@H](CO)[C@@H](O)[C@H](O)[C@@H]4O[C@H]4O[C@H](CO)[C@@H](O)[C@H](O)[C@@H]4O)[C@@H]3O)[C@H](O)[C@H]2NC(C)=O)[C@@H](CO)O[C@H]1O. The summed E-state index contributed by atoms with van der Waals surface area (Å²) in [6.45, 7) is -10.9. The number of hydrogen-bond donors (Lipinski definition) is 35. The Morgan fingerprint density at radius 1 is 0.203 bits per heavy atom. The Bertz CT molecular complexity index is 3390. The van der Waals surface area contributed by atoms with Gasteiger partial charge in [0.15, 0.2) is 69.2 Å². The summed E-state index contributed by atoms with van der Waals surface area (Å²) in [6, 6.07) is -3.66. The van der Waals surface area contributed by atoms with E-state index in [9.17, 15) is 178 Å². The molecule has 11 heterocycles. The van der Waals surface area contributed by atoms with Crippen molar-refractivity contribution >= 4 is 11.8 Å². The highest BCUT2D eigenvalue weighted by Gasteiger charge is 2.63. The lowest BCUT2D eigenvalue weighted by Gasteiger charge is -2.51. The van der Waals surface area contributed by atoms with Crippen LogP contribution in [0.25, 0.3) is 0 Å². The van der Waals surface area contributed by atoms with Gasteiger partial charge < -0.3 is 279 Å². The number of ether oxygens (including phenoxy) is 21. The van der Waals surface area contributed by atoms with Crippen molar-refractivity contribution in [1.82, 2.24) is 10.6 Å². The van der Waals surface area contributed by atoms with Crippen LogP contribution in [0.15, 0.2) is 0 Å². The van der Waals surface area contributed by atoms with E-state index in [1.165, 1.54) is 0 Å². The first-order valence-electron chi connectivity index (χ1n) is 40.7. The molecule has 11 aliphatic heterocycles. The molecule has 128 heavy (non-hydrogen) atoms. The van der Waals surface area contributed by atoms with E-state index in [-0.39, 0.29) is 0 Å². The fraction of sp³-hybridized carbons (Fsp3) is 0.971. The van der Waals surface area contributed by atoms with Crippen LogP contribution in [0.4, 0.5) is 0 Å². The van der Waals surface area contributed by atoms with Crippen molar-refractivity contribution in [3.05, 3.63) is 0 Å². The van der Waals surface area contributed by atoms with Gasteiger partial charge in [-0.2, -0.15) is 0 Å². The number of aliphatic hydroxyl groups excluding tert-OH is 33. The molecule has 0 aromatic rings. The van der Waals surface area contributed by atoms with Gasteiger partial charge in [-0.1, -0.05) is 0 Å². The van der Waals surface area contributed by atoms with Gasteiger partial charge in [0.05, 0.1) is 72.7 Å². The highest BCUT2D eigenvalue weighted by atomic mass is 16.8. The van der Waals surface area contributed by atoms with Crippen molar-refractivity contribution < 1.29 is 278 Å². The Morgan fingerprint density at radius 2 is 0.422 bits per heavy atom. The molecule has 0 aliphatic carbocycles. The number of nitrogens with one attached hydrogen (secondary N) is 2. The number of carbonyl (C=O) groups is 2. The van der Waals surface area contributed by atoms with Crippen LogP contribution in [-0.2, 0) is 109 Å². The molecule has 11 fully saturated rings. The van der Waals surface area contributed by atoms with Crippen molar-refractivity contribution in [3.63, 3.8) is 0 Å². The minimum atomic E-state index is -2.67. The maximum atomic E-state index is 13.1. The van der Waals surface area contributed by atoms with Gasteiger partial charge in [-0.25, -0.2) is 0 Å². The molecule has 744 valence electrons. The summed E-state index contributed by atoms with van der Waals surface area (Å²) in [5.74, 6) is -1.79. The number of hydrogen-bond acceptors (Lipinski definition) is 56. The predicted octanol–water partition coefficient (Wildman–Crippen LogP) is -24.7. The first kappa shape index (κ1) is 105. The molecular formula is C70H118N2O56. The van der Waals surface area contributed by atoms with Crippen molar-refractivity contribution in [2.75, 3.05) is 72.7 Å². The van der Waals surface area contributed by atoms with E-state index in [0.717, 1.165) is 13.8 Å². The number of amides is 2. The van der Waals surface area contributed by atoms with Crippen molar-refractivity contribution in [2.24, 2.45) is 0 Å². The average molecular weight is 1880 g/mol. The third-order valence-electron chi connectivity index (χ3n) is 23.8. The molecule has 0 aromatic heterocycles. The summed E-state index contributed by atoms with van der Waals surface area (Å²) in [5, 5.41) is 373. The van der Waals surface area contributed by atoms with Crippen molar-refractivity contribution in [3.8, 4) is 0 Å². The number of aliphatic hydroxyl groups is 33. The summed E-state index contributed by atoms with van der Waals surface area (Å²) in [6.07, 6.45) is -118. The zero-order valence-electron chi connectivity index (χ0n) is 67.7. The largest absolute Gasteiger partial charge is 0.394 e. The summed E-state index contributed by atoms with van der Waals surface area (Å²) in [4.78, 5) is 25.2. The molecule has 11 saturated heterocycles. The highest BCUT2D eigenvalue weighted by Crippen LogP contribution is 2.42. The second kappa shape index (κ2) is 45.8. The van der Waals surface area contributed by atoms with Gasteiger partial charge >= 0.3 is 0 Å². The fourth-order valence-corrected chi connectivity index (χ4v) is 16.5. The van der Waals surface area contributed by atoms with Crippen LogP contribution in [0.1, 0.15) is 13.8 Å². The lowest BCUT2D eigenvalue weighted by atomic mass is 9.94. The monoisotopic (exact) mass is 1880 g/mol. The van der Waals surface area contributed by atoms with Crippen LogP contribution >= 0.6 is 0 Å². The van der Waals surface area contributed by atoms with E-state index in [4.69, 9.17) is 99.5 Å². The summed E-state index contributed by atoms with van der Waals surface area (Å²) in [5.41, 5.74) is 0. The topological polar surface area (TPSA) is 920 Å². The molecule has 0 aromatic carbocycles. The molecular weight excluding hydrogens is 1760 g/mol. The average Bonchev–Trinajstić information content (AvgIpc) is 0.768. The second-order valence-electron chi connectivity index (χ2n) is 32.3. The molecule has 58 heteroatoms. The highest BCUT2D eigenvalue weighted by molar-refractivity contribution is 5.73. The van der Waals surface area contributed by atoms with Gasteiger partial charge in [0.2, 0.25) is 11.8 Å². The number of carbonyl (C=O) groups excluding carboxylic acids is 2. The molecule has 11 rings (SSSR count). The Balaban J connectivity index is 0.923. The molecule has 58 nitrogen and oxygen atoms in total. The van der Waals surface area contributed by atoms with Crippen molar-refractivity contribution in [2.45, 2.75) is 351 Å². The Hall–Kier alpha value is -3.22. The first-order valence-corrected chi connectivity index (χ1v) is 40.7. The van der Waals surface area contributed by atoms with E-state index >= 15 is 0 Å². The lowest BCUT2D eigenvalue weighted by Crippen LogP contribution is -2.70. The van der Waals surface area contributed by atoms with Gasteiger partial charge in [0, 0.05) is 13.8 Å². The zero-order valence-corrected chi connectivity index (χ0v) is 67.7. The number of rotatable bonds is 33. The first-order chi connectivity index (χ1) is 60.7. The van der Waals surface area contributed by atoms with Crippen LogP contribution in [0.3, 0.4) is 0 Å². The van der Waals surface area contributed by atoms with E-state index in [1.54, 1.807) is 0 Å². The van der Waals surface area contributed by atoms with Gasteiger partial charge in [0.1, 0.15) is 268 Å². The van der Waals surface area contributed by atoms with E-state index in [0.29, 0.717) is 0 Å². The summed E-state index contributed by atoms with van der Waals surface area (Å²) < 4.78 is 124. The lowest BCUT2D eigenvalue weighted by molar-refractivity contribution is -0.420. The quantitative estimate of drug-likeness (QED) is 0.0290. The van der Waals surface area contributed by atoms with Crippen LogP contribution in [-0.4, -0.2) is 591 Å². The molecule has 0 saturated carbocycles. The fourth-order valence-electron chi connectivity index (χ4n) is 16.5. The zero-order chi connectivity index (χ0) is 94.0. The normalized spacial score (nSPS) is 51.7. The Labute approximate surface area is 722 Å². The molecule has 0 spiro atoms. The van der Waals surface area contributed by atoms with Gasteiger partial charge in [-0.3, -0.25) is 9.59 Å². The van der Waals surface area contributed by atoms with Crippen LogP contribution < -0.4 is 10.6 Å². The summed E-state index contributed by atoms with van der Waals surface area (Å²) >= 11 is 0. The van der Waals surface area contributed by atoms with Gasteiger partial charge in [0.25, 0.3) is 0 Å². The maximum Gasteiger partial charge on any atom is 0.217 e. The van der Waals surface area contributed by atoms with Gasteiger partial charge in [-0.05, 0) is 0 Å². The molecule has 0 bridgehead atoms. The van der Waals surface area contributed by atoms with Crippen LogP contribution in [0.5, 0.6) is 0 Å². The van der Waals surface area contributed by atoms with Gasteiger partial charge in [-0.15, -0.1) is 0 Å². The van der Waals surface area contributed by atoms with E-state index in [2.05, 4.69) is 10.6 Å². The van der Waals surface area contributed by atoms with Crippen LogP contribution in [0.2, 0.25) is 0 Å². The predicted molar refractivity (Wildman–Crippen MR) is 386 cm³/mol. The minimum absolute atomic E-state index is 0.812. The Morgan fingerprint density at radius 3 is 0.734 bits per heavy atom. The van der Waals surface area contributed by atoms with E-state index < -0.39 is 422 Å². The standard InChI is InChI=1S/C70H118N2O56/c1-14(83)71-27-38(94)51(24(11-81)109-60(27)107)120-61-28(72-15(2)84)39(95)52(25(12-82)118-61)121-64-50(106)53(37(93)26(119-64)13-108-65-54(42(98)31(87)18(5-75)112-65)123-62-48(104)40(96)29(85)16(3-73)110-62)122-66-56(44(100)33(89)19(6-76)113-66)125-68-58(46(102)35(91)21(8-78)115-68)127-70-59(47(103)36(92)23(10-80)117-70)128-69-57(45(101)34(90)22(9-79)116-69)126-67-55(43(99)32(88)20(7-77)114-67)124-63-49(105)41(97)30(86)17(4-74)111-63/h16-70,73-82,85-107H,3-13H2,1-2H3,(H,71,83)(H,72,84)/t16-,17-,18-,19-,20-,21-,22-,23-,24-,25-,26-,27-,28-,29-,30-,31-,32-,33-,34-,35-,36-,37-,38-,39-,40+,41+,42+,43+,44+,45+,46+,47+,48+,49+,50+,51-,52-,53+,54+,55+,56+,57+,58+,59+,60-,61+,62-,63-,64+,65+,66-,67-,68-,69-,70-/m1/s1. The molecule has 11 aliphatic rings. The molecule has 0 unspecified atom stereocenters. The van der Waals surface area contributed by atoms with Crippen LogP contribution in [0, 0.1) is 0 Å². The van der Waals surface area contributed by atoms with E-state index in [1.807, 2.05) is 0 Å². The second-order valence-corrected chi connectivity index (χ2v) is 32.3. The molecule has 35 N–H and O–H groups in total. The smallest absolute Gasteiger partial charge is 0.217 e. The maximum absolute atomic E-state index is 13.1. The third-order valence-corrected chi connectivity index (χ3v) is 23.8. The minimum Gasteiger partial charge on any atom is -0.394 e. The summed E-state index contributed by atoms with van der Waals surface area (Å²) in [7, 11) is 0. The Kier molecular flexibility index (Phi) is 37.7. The third kappa shape index (κ3) is 22.3. The molecule has 55 atom stereocenters. The molecule has 2 amide bonds.